The number of amides is 1. The van der Waals surface area contributed by atoms with Gasteiger partial charge in [0, 0.05) is 12.4 Å². The number of nitrogens with two attached hydrogens (primary N) is 1. The number of aromatic nitrogens is 2. The van der Waals surface area contributed by atoms with Crippen LogP contribution in [-0.4, -0.2) is 15.9 Å². The average Bonchev–Trinajstić information content (AvgIpc) is 2.32. The molecule has 2 aromatic rings. The molecule has 0 aliphatic carbocycles. The highest BCUT2D eigenvalue weighted by molar-refractivity contribution is 6.05. The van der Waals surface area contributed by atoms with Crippen LogP contribution in [0.1, 0.15) is 10.4 Å². The molecule has 0 bridgehead atoms. The van der Waals surface area contributed by atoms with Gasteiger partial charge in [0.2, 0.25) is 0 Å². The molecule has 0 unspecified atom stereocenters. The number of carbonyl (C=O) groups is 1. The van der Waals surface area contributed by atoms with Crippen molar-refractivity contribution >= 4 is 17.3 Å². The van der Waals surface area contributed by atoms with Gasteiger partial charge in [-0.2, -0.15) is 0 Å². The molecule has 3 N–H and O–H groups in total. The fourth-order valence-corrected chi connectivity index (χ4v) is 1.25. The van der Waals surface area contributed by atoms with Gasteiger partial charge in [0.25, 0.3) is 5.91 Å². The van der Waals surface area contributed by atoms with Gasteiger partial charge in [0.05, 0.1) is 29.3 Å². The molecule has 0 spiro atoms. The number of carbonyl (C=O) groups excluding carboxylic acids is 1. The first-order chi connectivity index (χ1) is 8.16. The predicted molar refractivity (Wildman–Crippen MR) is 60.8 cm³/mol. The van der Waals surface area contributed by atoms with E-state index in [2.05, 4.69) is 15.3 Å². The molecule has 0 aromatic carbocycles. The zero-order valence-electron chi connectivity index (χ0n) is 8.72. The molecule has 1 amide bonds. The highest BCUT2D eigenvalue weighted by Gasteiger charge is 2.09. The minimum absolute atomic E-state index is 0.126. The first-order valence-electron chi connectivity index (χ1n) is 4.78. The van der Waals surface area contributed by atoms with E-state index in [-0.39, 0.29) is 5.56 Å². The van der Waals surface area contributed by atoms with E-state index in [1.165, 1.54) is 18.6 Å². The van der Waals surface area contributed by atoms with Crippen molar-refractivity contribution in [2.24, 2.45) is 0 Å². The topological polar surface area (TPSA) is 80.9 Å². The molecule has 0 saturated carbocycles. The number of hydrogen-bond donors (Lipinski definition) is 2. The Morgan fingerprint density at radius 3 is 2.82 bits per heavy atom. The molecule has 0 aliphatic heterocycles. The average molecular weight is 232 g/mol. The van der Waals surface area contributed by atoms with E-state index >= 15 is 0 Å². The lowest BCUT2D eigenvalue weighted by atomic mass is 10.2. The molecule has 0 radical (unpaired) electrons. The number of hydrogen-bond acceptors (Lipinski definition) is 4. The molecule has 2 heterocycles. The monoisotopic (exact) mass is 232 g/mol. The molecule has 6 heteroatoms. The Bertz CT molecular complexity index is 559. The van der Waals surface area contributed by atoms with Gasteiger partial charge in [0.1, 0.15) is 5.82 Å². The first kappa shape index (κ1) is 11.0. The zero-order valence-corrected chi connectivity index (χ0v) is 8.72. The maximum Gasteiger partial charge on any atom is 0.257 e. The summed E-state index contributed by atoms with van der Waals surface area (Å²) in [4.78, 5) is 19.1. The van der Waals surface area contributed by atoms with E-state index in [4.69, 9.17) is 5.73 Å². The number of halogens is 1. The molecule has 86 valence electrons. The van der Waals surface area contributed by atoms with Gasteiger partial charge in [-0.25, -0.2) is 4.39 Å². The van der Waals surface area contributed by atoms with E-state index in [0.717, 1.165) is 12.3 Å². The second-order valence-corrected chi connectivity index (χ2v) is 3.31. The van der Waals surface area contributed by atoms with Crippen molar-refractivity contribution in [1.82, 2.24) is 9.97 Å². The molecule has 0 aliphatic rings. The van der Waals surface area contributed by atoms with E-state index in [1.54, 1.807) is 6.07 Å². The summed E-state index contributed by atoms with van der Waals surface area (Å²) >= 11 is 0. The number of anilines is 2. The van der Waals surface area contributed by atoms with E-state index in [9.17, 15) is 9.18 Å². The summed E-state index contributed by atoms with van der Waals surface area (Å²) in [6, 6.07) is 2.65. The lowest BCUT2D eigenvalue weighted by molar-refractivity contribution is 0.102. The summed E-state index contributed by atoms with van der Waals surface area (Å²) in [5.74, 6) is -1.05. The Morgan fingerprint density at radius 1 is 1.29 bits per heavy atom. The molecule has 0 saturated heterocycles. The van der Waals surface area contributed by atoms with Gasteiger partial charge in [-0.3, -0.25) is 14.8 Å². The summed E-state index contributed by atoms with van der Waals surface area (Å²) in [6.45, 7) is 0. The third-order valence-corrected chi connectivity index (χ3v) is 2.07. The highest BCUT2D eigenvalue weighted by atomic mass is 19.1. The van der Waals surface area contributed by atoms with Crippen LogP contribution in [0.3, 0.4) is 0 Å². The number of pyridine rings is 2. The highest BCUT2D eigenvalue weighted by Crippen LogP contribution is 2.16. The SMILES string of the molecule is Nc1cnccc1NC(=O)c1cncc(F)c1. The quantitative estimate of drug-likeness (QED) is 0.821. The smallest absolute Gasteiger partial charge is 0.257 e. The van der Waals surface area contributed by atoms with Crippen molar-refractivity contribution in [3.8, 4) is 0 Å². The summed E-state index contributed by atoms with van der Waals surface area (Å²) in [7, 11) is 0. The Balaban J connectivity index is 2.20. The number of nitrogens with zero attached hydrogens (tertiary/aromatic N) is 2. The Kier molecular flexibility index (Phi) is 2.95. The van der Waals surface area contributed by atoms with Crippen LogP contribution in [0.2, 0.25) is 0 Å². The maximum atomic E-state index is 12.9. The lowest BCUT2D eigenvalue weighted by Crippen LogP contribution is -2.13. The van der Waals surface area contributed by atoms with Crippen LogP contribution < -0.4 is 11.1 Å². The third kappa shape index (κ3) is 2.54. The van der Waals surface area contributed by atoms with E-state index in [1.807, 2.05) is 0 Å². The van der Waals surface area contributed by atoms with Crippen molar-refractivity contribution < 1.29 is 9.18 Å². The van der Waals surface area contributed by atoms with Crippen LogP contribution in [0.4, 0.5) is 15.8 Å². The van der Waals surface area contributed by atoms with Crippen LogP contribution in [0, 0.1) is 5.82 Å². The van der Waals surface area contributed by atoms with E-state index < -0.39 is 11.7 Å². The first-order valence-corrected chi connectivity index (χ1v) is 4.78. The minimum atomic E-state index is -0.569. The van der Waals surface area contributed by atoms with Crippen molar-refractivity contribution in [3.63, 3.8) is 0 Å². The molecule has 5 nitrogen and oxygen atoms in total. The van der Waals surface area contributed by atoms with Crippen molar-refractivity contribution in [1.29, 1.82) is 0 Å². The maximum absolute atomic E-state index is 12.9. The zero-order chi connectivity index (χ0) is 12.3. The second kappa shape index (κ2) is 4.56. The minimum Gasteiger partial charge on any atom is -0.396 e. The molecule has 0 atom stereocenters. The van der Waals surface area contributed by atoms with Crippen molar-refractivity contribution in [3.05, 3.63) is 48.3 Å². The van der Waals surface area contributed by atoms with Crippen molar-refractivity contribution in [2.45, 2.75) is 0 Å². The van der Waals surface area contributed by atoms with E-state index in [0.29, 0.717) is 11.4 Å². The van der Waals surface area contributed by atoms with Crippen LogP contribution in [-0.2, 0) is 0 Å². The van der Waals surface area contributed by atoms with Crippen LogP contribution in [0.15, 0.2) is 36.9 Å². The summed E-state index contributed by atoms with van der Waals surface area (Å²) < 4.78 is 12.9. The Labute approximate surface area is 96.5 Å². The lowest BCUT2D eigenvalue weighted by Gasteiger charge is -2.06. The Hall–Kier alpha value is -2.50. The van der Waals surface area contributed by atoms with Crippen LogP contribution in [0.25, 0.3) is 0 Å². The number of rotatable bonds is 2. The molecular weight excluding hydrogens is 223 g/mol. The molecule has 2 rings (SSSR count). The molecule has 17 heavy (non-hydrogen) atoms. The normalized spacial score (nSPS) is 9.94. The largest absolute Gasteiger partial charge is 0.396 e. The van der Waals surface area contributed by atoms with Crippen LogP contribution >= 0.6 is 0 Å². The standard InChI is InChI=1S/C11H9FN4O/c12-8-3-7(4-15-5-8)11(17)16-10-1-2-14-6-9(10)13/h1-6H,13H2,(H,14,16,17). The summed E-state index contributed by atoms with van der Waals surface area (Å²) in [5, 5.41) is 2.54. The van der Waals surface area contributed by atoms with Gasteiger partial charge in [-0.05, 0) is 12.1 Å². The molecular formula is C11H9FN4O. The van der Waals surface area contributed by atoms with Gasteiger partial charge in [-0.1, -0.05) is 0 Å². The molecule has 0 fully saturated rings. The van der Waals surface area contributed by atoms with Crippen molar-refractivity contribution in [2.75, 3.05) is 11.1 Å². The summed E-state index contributed by atoms with van der Waals surface area (Å²) in [5.41, 5.74) is 6.50. The Morgan fingerprint density at radius 2 is 2.12 bits per heavy atom. The van der Waals surface area contributed by atoms with Crippen LogP contribution in [0.5, 0.6) is 0 Å². The van der Waals surface area contributed by atoms with Gasteiger partial charge < -0.3 is 11.1 Å². The van der Waals surface area contributed by atoms with Gasteiger partial charge >= 0.3 is 0 Å². The number of nitrogen functional groups attached to an aromatic ring is 1. The number of nitrogens with one attached hydrogen (secondary N) is 1. The molecule has 2 aromatic heterocycles. The van der Waals surface area contributed by atoms with Gasteiger partial charge in [0.15, 0.2) is 0 Å². The van der Waals surface area contributed by atoms with Gasteiger partial charge in [-0.15, -0.1) is 0 Å². The fraction of sp³-hybridized carbons (Fsp3) is 0. The second-order valence-electron chi connectivity index (χ2n) is 3.31. The predicted octanol–water partition coefficient (Wildman–Crippen LogP) is 1.45. The third-order valence-electron chi connectivity index (χ3n) is 2.07. The summed E-state index contributed by atoms with van der Waals surface area (Å²) in [6.07, 6.45) is 5.21. The fourth-order valence-electron chi connectivity index (χ4n) is 1.25.